The maximum Gasteiger partial charge on any atom is 0.336 e. The lowest BCUT2D eigenvalue weighted by molar-refractivity contribution is -0.129. The molecule has 0 aromatic heterocycles. The molecule has 6 nitrogen and oxygen atoms in total. The normalized spacial score (nSPS) is 11.3. The van der Waals surface area contributed by atoms with Crippen molar-refractivity contribution in [2.45, 2.75) is 20.3 Å². The van der Waals surface area contributed by atoms with Crippen LogP contribution in [0.4, 0.5) is 0 Å². The van der Waals surface area contributed by atoms with Crippen LogP contribution < -0.4 is 15.8 Å². The van der Waals surface area contributed by atoms with Crippen molar-refractivity contribution in [2.24, 2.45) is 5.73 Å². The summed E-state index contributed by atoms with van der Waals surface area (Å²) in [5, 5.41) is 2.36. The average molecular weight is 316 g/mol. The lowest BCUT2D eigenvalue weighted by Gasteiger charge is -2.05. The van der Waals surface area contributed by atoms with Crippen LogP contribution in [0.25, 0.3) is 0 Å². The summed E-state index contributed by atoms with van der Waals surface area (Å²) < 4.78 is 5.15. The molecule has 1 aromatic carbocycles. The van der Waals surface area contributed by atoms with Gasteiger partial charge in [0.25, 0.3) is 5.91 Å². The fourth-order valence-electron chi connectivity index (χ4n) is 1.71. The Kier molecular flexibility index (Phi) is 7.26. The second kappa shape index (κ2) is 9.19. The minimum atomic E-state index is -0.637. The molecule has 1 rings (SSSR count). The van der Waals surface area contributed by atoms with Crippen LogP contribution >= 0.6 is 0 Å². The molecule has 0 saturated heterocycles. The molecule has 0 atom stereocenters. The molecule has 0 fully saturated rings. The van der Waals surface area contributed by atoms with E-state index in [2.05, 4.69) is 5.32 Å². The molecule has 6 heteroatoms. The van der Waals surface area contributed by atoms with Crippen LogP contribution in [0.3, 0.4) is 0 Å². The maximum absolute atomic E-state index is 11.8. The molecule has 0 heterocycles. The van der Waals surface area contributed by atoms with Gasteiger partial charge in [0.15, 0.2) is 0 Å². The van der Waals surface area contributed by atoms with Gasteiger partial charge in [-0.3, -0.25) is 9.59 Å². The van der Waals surface area contributed by atoms with E-state index >= 15 is 0 Å². The maximum atomic E-state index is 11.8. The molecule has 0 radical (unpaired) electrons. The Morgan fingerprint density at radius 1 is 1.26 bits per heavy atom. The average Bonchev–Trinajstić information content (AvgIpc) is 2.53. The number of hydrogen-bond donors (Lipinski definition) is 2. The van der Waals surface area contributed by atoms with Crippen LogP contribution in [0.1, 0.15) is 30.6 Å². The predicted molar refractivity (Wildman–Crippen MR) is 86.8 cm³/mol. The summed E-state index contributed by atoms with van der Waals surface area (Å²) in [6.07, 6.45) is 5.74. The summed E-state index contributed by atoms with van der Waals surface area (Å²) in [6, 6.07) is 6.10. The van der Waals surface area contributed by atoms with Gasteiger partial charge in [-0.1, -0.05) is 30.7 Å². The summed E-state index contributed by atoms with van der Waals surface area (Å²) in [7, 11) is 0. The van der Waals surface area contributed by atoms with E-state index in [1.165, 1.54) is 12.1 Å². The number of primary amides is 1. The summed E-state index contributed by atoms with van der Waals surface area (Å²) in [4.78, 5) is 34.2. The Bertz CT molecular complexity index is 648. The van der Waals surface area contributed by atoms with E-state index < -0.39 is 17.8 Å². The van der Waals surface area contributed by atoms with Crippen LogP contribution in [0.2, 0.25) is 0 Å². The van der Waals surface area contributed by atoms with Gasteiger partial charge in [-0.15, -0.1) is 0 Å². The number of benzene rings is 1. The number of rotatable bonds is 7. The monoisotopic (exact) mass is 316 g/mol. The third-order valence-electron chi connectivity index (χ3n) is 2.95. The Balaban J connectivity index is 2.71. The lowest BCUT2D eigenvalue weighted by Crippen LogP contribution is -2.33. The summed E-state index contributed by atoms with van der Waals surface area (Å²) >= 11 is 0. The molecule has 0 aliphatic carbocycles. The zero-order chi connectivity index (χ0) is 17.2. The number of hydrogen-bond acceptors (Lipinski definition) is 4. The van der Waals surface area contributed by atoms with Crippen molar-refractivity contribution in [2.75, 3.05) is 6.54 Å². The molecule has 23 heavy (non-hydrogen) atoms. The minimum absolute atomic E-state index is 0.241. The summed E-state index contributed by atoms with van der Waals surface area (Å²) in [5.41, 5.74) is 6.24. The lowest BCUT2D eigenvalue weighted by atomic mass is 10.2. The van der Waals surface area contributed by atoms with E-state index in [0.717, 1.165) is 12.0 Å². The van der Waals surface area contributed by atoms with Crippen LogP contribution in [0, 0.1) is 0 Å². The van der Waals surface area contributed by atoms with Crippen molar-refractivity contribution in [3.05, 3.63) is 53.6 Å². The minimum Gasteiger partial charge on any atom is -0.423 e. The third-order valence-corrected chi connectivity index (χ3v) is 2.95. The van der Waals surface area contributed by atoms with Gasteiger partial charge in [0, 0.05) is 11.6 Å². The van der Waals surface area contributed by atoms with Crippen LogP contribution in [0.5, 0.6) is 5.75 Å². The standard InChI is InChI=1S/C17H20N2O4/c1-3-12(4-2)8-9-16(21)23-14-7-5-6-13(10-14)17(22)19-11-15(18)20/h3,5-10H,4,11H2,1-2H3,(H2,18,20)(H,19,22)/b9-8+,12-3-. The number of allylic oxidation sites excluding steroid dienone is 3. The van der Waals surface area contributed by atoms with Gasteiger partial charge < -0.3 is 15.8 Å². The smallest absolute Gasteiger partial charge is 0.336 e. The molecule has 0 spiro atoms. The van der Waals surface area contributed by atoms with Crippen molar-refractivity contribution < 1.29 is 19.1 Å². The molecule has 2 amide bonds. The Labute approximate surface area is 135 Å². The van der Waals surface area contributed by atoms with E-state index in [-0.39, 0.29) is 17.9 Å². The van der Waals surface area contributed by atoms with Gasteiger partial charge in [0.05, 0.1) is 6.54 Å². The number of amides is 2. The number of ether oxygens (including phenoxy) is 1. The van der Waals surface area contributed by atoms with Crippen LogP contribution in [-0.4, -0.2) is 24.3 Å². The molecule has 122 valence electrons. The number of carbonyl (C=O) groups excluding carboxylic acids is 3. The number of nitrogens with one attached hydrogen (secondary N) is 1. The highest BCUT2D eigenvalue weighted by Crippen LogP contribution is 2.14. The van der Waals surface area contributed by atoms with Crippen LogP contribution in [0.15, 0.2) is 48.1 Å². The van der Waals surface area contributed by atoms with E-state index in [4.69, 9.17) is 10.5 Å². The first-order chi connectivity index (χ1) is 11.0. The van der Waals surface area contributed by atoms with E-state index in [1.54, 1.807) is 24.3 Å². The van der Waals surface area contributed by atoms with E-state index in [1.807, 2.05) is 19.9 Å². The molecule has 0 aliphatic heterocycles. The van der Waals surface area contributed by atoms with Crippen molar-refractivity contribution in [1.82, 2.24) is 5.32 Å². The van der Waals surface area contributed by atoms with Crippen molar-refractivity contribution in [3.63, 3.8) is 0 Å². The topological polar surface area (TPSA) is 98.5 Å². The summed E-state index contributed by atoms with van der Waals surface area (Å²) in [6.45, 7) is 3.62. The molecular weight excluding hydrogens is 296 g/mol. The Morgan fingerprint density at radius 2 is 2.00 bits per heavy atom. The number of esters is 1. The zero-order valence-electron chi connectivity index (χ0n) is 13.2. The largest absolute Gasteiger partial charge is 0.423 e. The van der Waals surface area contributed by atoms with Gasteiger partial charge in [0.1, 0.15) is 5.75 Å². The van der Waals surface area contributed by atoms with Gasteiger partial charge in [0.2, 0.25) is 5.91 Å². The van der Waals surface area contributed by atoms with Gasteiger partial charge in [-0.2, -0.15) is 0 Å². The Morgan fingerprint density at radius 3 is 2.61 bits per heavy atom. The summed E-state index contributed by atoms with van der Waals surface area (Å²) in [5.74, 6) is -1.40. The van der Waals surface area contributed by atoms with Gasteiger partial charge >= 0.3 is 5.97 Å². The van der Waals surface area contributed by atoms with Crippen molar-refractivity contribution in [3.8, 4) is 5.75 Å². The fourth-order valence-corrected chi connectivity index (χ4v) is 1.71. The highest BCUT2D eigenvalue weighted by molar-refractivity contribution is 5.96. The zero-order valence-corrected chi connectivity index (χ0v) is 13.2. The fraction of sp³-hybridized carbons (Fsp3) is 0.235. The first-order valence-electron chi connectivity index (χ1n) is 7.18. The molecule has 0 unspecified atom stereocenters. The highest BCUT2D eigenvalue weighted by Gasteiger charge is 2.08. The van der Waals surface area contributed by atoms with Crippen LogP contribution in [-0.2, 0) is 9.59 Å². The molecule has 0 aliphatic rings. The Hall–Kier alpha value is -2.89. The van der Waals surface area contributed by atoms with Gasteiger partial charge in [-0.25, -0.2) is 4.79 Å². The SMILES string of the molecule is C/C=C(\C=C\C(=O)Oc1cccc(C(=O)NCC(N)=O)c1)CC. The quantitative estimate of drug-likeness (QED) is 0.346. The predicted octanol–water partition coefficient (Wildman–Crippen LogP) is 1.72. The molecule has 1 aromatic rings. The molecule has 0 saturated carbocycles. The molecular formula is C17H20N2O4. The second-order valence-corrected chi connectivity index (χ2v) is 4.65. The molecule has 0 bridgehead atoms. The first kappa shape index (κ1) is 18.2. The van der Waals surface area contributed by atoms with Crippen molar-refractivity contribution in [1.29, 1.82) is 0 Å². The molecule has 3 N–H and O–H groups in total. The number of nitrogens with two attached hydrogens (primary N) is 1. The first-order valence-corrected chi connectivity index (χ1v) is 7.18. The van der Waals surface area contributed by atoms with Crippen molar-refractivity contribution >= 4 is 17.8 Å². The van der Waals surface area contributed by atoms with E-state index in [9.17, 15) is 14.4 Å². The van der Waals surface area contributed by atoms with E-state index in [0.29, 0.717) is 0 Å². The third kappa shape index (κ3) is 6.60. The highest BCUT2D eigenvalue weighted by atomic mass is 16.5. The number of carbonyl (C=O) groups is 3. The second-order valence-electron chi connectivity index (χ2n) is 4.65. The van der Waals surface area contributed by atoms with Gasteiger partial charge in [-0.05, 0) is 31.5 Å².